The van der Waals surface area contributed by atoms with Gasteiger partial charge in [0.25, 0.3) is 0 Å². The summed E-state index contributed by atoms with van der Waals surface area (Å²) in [7, 11) is 0. The maximum atomic E-state index is 11.3. The van der Waals surface area contributed by atoms with Crippen LogP contribution in [0.2, 0.25) is 0 Å². The molecule has 0 atom stereocenters. The molecule has 0 aromatic carbocycles. The van der Waals surface area contributed by atoms with Gasteiger partial charge in [0.2, 0.25) is 5.91 Å². The number of nitrogens with zero attached hydrogens (tertiary/aromatic N) is 3. The smallest absolute Gasteiger partial charge is 0.226 e. The molecule has 1 N–H and O–H groups in total. The summed E-state index contributed by atoms with van der Waals surface area (Å²) >= 11 is 0. The lowest BCUT2D eigenvalue weighted by Crippen LogP contribution is -2.44. The van der Waals surface area contributed by atoms with Gasteiger partial charge in [0, 0.05) is 10.5 Å². The second kappa shape index (κ2) is 7.12. The van der Waals surface area contributed by atoms with E-state index in [1.807, 2.05) is 13.8 Å². The minimum atomic E-state index is -0.214. The summed E-state index contributed by atoms with van der Waals surface area (Å²) in [4.78, 5) is 13.8. The molecule has 0 saturated heterocycles. The maximum Gasteiger partial charge on any atom is 0.226 e. The van der Waals surface area contributed by atoms with E-state index in [2.05, 4.69) is 22.3 Å². The standard InChI is InChI=1S/C10H20N4O/c1-4-5-6-7-10(2,3)13-9(15)8-12-14-11/h4-8H2,1-3H3,(H,13,15). The van der Waals surface area contributed by atoms with Gasteiger partial charge in [0.15, 0.2) is 0 Å². The first-order chi connectivity index (χ1) is 7.02. The van der Waals surface area contributed by atoms with E-state index < -0.39 is 0 Å². The second-order valence-corrected chi connectivity index (χ2v) is 4.28. The van der Waals surface area contributed by atoms with Crippen molar-refractivity contribution in [3.05, 3.63) is 10.4 Å². The first-order valence-corrected chi connectivity index (χ1v) is 5.33. The van der Waals surface area contributed by atoms with Crippen LogP contribution in [-0.4, -0.2) is 18.0 Å². The largest absolute Gasteiger partial charge is 0.351 e. The molecule has 0 aliphatic heterocycles. The van der Waals surface area contributed by atoms with Crippen LogP contribution in [0, 0.1) is 0 Å². The van der Waals surface area contributed by atoms with E-state index >= 15 is 0 Å². The Kier molecular flexibility index (Phi) is 6.54. The third kappa shape index (κ3) is 7.82. The van der Waals surface area contributed by atoms with Crippen molar-refractivity contribution in [3.63, 3.8) is 0 Å². The molecule has 15 heavy (non-hydrogen) atoms. The molecule has 0 aliphatic carbocycles. The van der Waals surface area contributed by atoms with Gasteiger partial charge in [0.05, 0.1) is 0 Å². The van der Waals surface area contributed by atoms with E-state index in [0.717, 1.165) is 12.8 Å². The highest BCUT2D eigenvalue weighted by Crippen LogP contribution is 2.13. The number of azide groups is 1. The number of nitrogens with one attached hydrogen (secondary N) is 1. The Hall–Kier alpha value is -1.22. The summed E-state index contributed by atoms with van der Waals surface area (Å²) in [5.41, 5.74) is 7.85. The zero-order valence-corrected chi connectivity index (χ0v) is 9.79. The molecule has 0 aromatic heterocycles. The Morgan fingerprint density at radius 1 is 1.47 bits per heavy atom. The molecule has 5 heteroatoms. The number of hydrogen-bond donors (Lipinski definition) is 1. The van der Waals surface area contributed by atoms with Crippen molar-refractivity contribution in [1.82, 2.24) is 5.32 Å². The Morgan fingerprint density at radius 3 is 2.67 bits per heavy atom. The van der Waals surface area contributed by atoms with E-state index in [9.17, 15) is 4.79 Å². The molecule has 0 bridgehead atoms. The van der Waals surface area contributed by atoms with Crippen LogP contribution in [0.5, 0.6) is 0 Å². The van der Waals surface area contributed by atoms with Gasteiger partial charge < -0.3 is 5.32 Å². The van der Waals surface area contributed by atoms with Crippen LogP contribution in [0.1, 0.15) is 46.5 Å². The number of carbonyl (C=O) groups excluding carboxylic acids is 1. The number of amides is 1. The Bertz CT molecular complexity index is 244. The summed E-state index contributed by atoms with van der Waals surface area (Å²) in [5, 5.41) is 6.07. The van der Waals surface area contributed by atoms with Gasteiger partial charge in [-0.05, 0) is 25.8 Å². The summed E-state index contributed by atoms with van der Waals surface area (Å²) in [6, 6.07) is 0. The van der Waals surface area contributed by atoms with Crippen LogP contribution in [0.15, 0.2) is 5.11 Å². The van der Waals surface area contributed by atoms with Crippen LogP contribution in [-0.2, 0) is 4.79 Å². The van der Waals surface area contributed by atoms with Gasteiger partial charge in [-0.1, -0.05) is 31.3 Å². The summed E-state index contributed by atoms with van der Waals surface area (Å²) < 4.78 is 0. The zero-order chi connectivity index (χ0) is 11.7. The lowest BCUT2D eigenvalue weighted by atomic mass is 9.97. The molecule has 86 valence electrons. The predicted molar refractivity (Wildman–Crippen MR) is 60.4 cm³/mol. The van der Waals surface area contributed by atoms with Crippen LogP contribution >= 0.6 is 0 Å². The highest BCUT2D eigenvalue weighted by Gasteiger charge is 2.18. The van der Waals surface area contributed by atoms with Gasteiger partial charge in [-0.15, -0.1) is 0 Å². The number of carbonyl (C=O) groups is 1. The molecule has 0 fully saturated rings. The molecular weight excluding hydrogens is 192 g/mol. The highest BCUT2D eigenvalue weighted by molar-refractivity contribution is 5.78. The molecule has 1 amide bonds. The van der Waals surface area contributed by atoms with Gasteiger partial charge in [-0.2, -0.15) is 0 Å². The topological polar surface area (TPSA) is 77.9 Å². The molecule has 0 saturated carbocycles. The molecule has 0 unspecified atom stereocenters. The molecule has 0 radical (unpaired) electrons. The molecule has 0 rings (SSSR count). The number of unbranched alkanes of at least 4 members (excludes halogenated alkanes) is 2. The monoisotopic (exact) mass is 212 g/mol. The summed E-state index contributed by atoms with van der Waals surface area (Å²) in [5.74, 6) is -0.214. The average Bonchev–Trinajstić information content (AvgIpc) is 2.14. The minimum Gasteiger partial charge on any atom is -0.351 e. The summed E-state index contributed by atoms with van der Waals surface area (Å²) in [6.07, 6.45) is 4.40. The fraction of sp³-hybridized carbons (Fsp3) is 0.900. The van der Waals surface area contributed by atoms with E-state index in [0.29, 0.717) is 0 Å². The Morgan fingerprint density at radius 2 is 2.13 bits per heavy atom. The van der Waals surface area contributed by atoms with E-state index in [1.54, 1.807) is 0 Å². The Balaban J connectivity index is 3.89. The molecule has 0 aliphatic rings. The van der Waals surface area contributed by atoms with Crippen LogP contribution in [0.4, 0.5) is 0 Å². The molecule has 0 heterocycles. The fourth-order valence-corrected chi connectivity index (χ4v) is 1.39. The lowest BCUT2D eigenvalue weighted by Gasteiger charge is -2.25. The van der Waals surface area contributed by atoms with Crippen molar-refractivity contribution in [2.45, 2.75) is 52.0 Å². The third-order valence-corrected chi connectivity index (χ3v) is 2.16. The van der Waals surface area contributed by atoms with E-state index in [-0.39, 0.29) is 18.0 Å². The second-order valence-electron chi connectivity index (χ2n) is 4.28. The van der Waals surface area contributed by atoms with Gasteiger partial charge in [-0.25, -0.2) is 0 Å². The van der Waals surface area contributed by atoms with Crippen LogP contribution in [0.25, 0.3) is 10.4 Å². The minimum absolute atomic E-state index is 0.117. The van der Waals surface area contributed by atoms with Crippen molar-refractivity contribution in [2.24, 2.45) is 5.11 Å². The van der Waals surface area contributed by atoms with Crippen molar-refractivity contribution in [1.29, 1.82) is 0 Å². The zero-order valence-electron chi connectivity index (χ0n) is 9.79. The average molecular weight is 212 g/mol. The normalized spacial score (nSPS) is 10.6. The van der Waals surface area contributed by atoms with Crippen molar-refractivity contribution < 1.29 is 4.79 Å². The van der Waals surface area contributed by atoms with Crippen molar-refractivity contribution in [2.75, 3.05) is 6.54 Å². The summed E-state index contributed by atoms with van der Waals surface area (Å²) in [6.45, 7) is 5.99. The first-order valence-electron chi connectivity index (χ1n) is 5.33. The van der Waals surface area contributed by atoms with Crippen LogP contribution in [0.3, 0.4) is 0 Å². The molecule has 5 nitrogen and oxygen atoms in total. The maximum absolute atomic E-state index is 11.3. The van der Waals surface area contributed by atoms with Gasteiger partial charge in [-0.3, -0.25) is 4.79 Å². The fourth-order valence-electron chi connectivity index (χ4n) is 1.39. The van der Waals surface area contributed by atoms with Gasteiger partial charge >= 0.3 is 0 Å². The third-order valence-electron chi connectivity index (χ3n) is 2.16. The predicted octanol–water partition coefficient (Wildman–Crippen LogP) is 2.77. The molecule has 0 spiro atoms. The molecule has 0 aromatic rings. The lowest BCUT2D eigenvalue weighted by molar-refractivity contribution is -0.121. The molecular formula is C10H20N4O. The number of hydrogen-bond acceptors (Lipinski definition) is 2. The quantitative estimate of drug-likeness (QED) is 0.299. The Labute approximate surface area is 90.9 Å². The first kappa shape index (κ1) is 13.8. The van der Waals surface area contributed by atoms with E-state index in [4.69, 9.17) is 5.53 Å². The van der Waals surface area contributed by atoms with E-state index in [1.165, 1.54) is 12.8 Å². The SMILES string of the molecule is CCCCCC(C)(C)NC(=O)CN=[N+]=[N-]. The van der Waals surface area contributed by atoms with Crippen molar-refractivity contribution in [3.8, 4) is 0 Å². The van der Waals surface area contributed by atoms with Crippen molar-refractivity contribution >= 4 is 5.91 Å². The highest BCUT2D eigenvalue weighted by atomic mass is 16.2. The number of rotatable bonds is 7. The van der Waals surface area contributed by atoms with Crippen LogP contribution < -0.4 is 5.32 Å². The van der Waals surface area contributed by atoms with Gasteiger partial charge in [0.1, 0.15) is 6.54 Å².